The van der Waals surface area contributed by atoms with Gasteiger partial charge >= 0.3 is 0 Å². The number of aromatic nitrogens is 3. The quantitative estimate of drug-likeness (QED) is 0.548. The highest BCUT2D eigenvalue weighted by Gasteiger charge is 2.10. The molecule has 0 bridgehead atoms. The first-order valence-corrected chi connectivity index (χ1v) is 6.22. The van der Waals surface area contributed by atoms with Crippen molar-refractivity contribution in [3.8, 4) is 0 Å². The van der Waals surface area contributed by atoms with Gasteiger partial charge in [0.2, 0.25) is 0 Å². The molecule has 2 aromatic heterocycles. The second kappa shape index (κ2) is 4.90. The van der Waals surface area contributed by atoms with E-state index in [1.165, 1.54) is 12.1 Å². The number of hydrogen-bond acceptors (Lipinski definition) is 4. The van der Waals surface area contributed by atoms with Gasteiger partial charge in [-0.3, -0.25) is 19.8 Å². The smallest absolute Gasteiger partial charge is 0.259 e. The Bertz CT molecular complexity index is 800. The minimum absolute atomic E-state index is 0.0401. The van der Waals surface area contributed by atoms with E-state index in [2.05, 4.69) is 10.1 Å². The molecule has 0 radical (unpaired) electrons. The minimum atomic E-state index is -0.422. The van der Waals surface area contributed by atoms with E-state index in [4.69, 9.17) is 11.6 Å². The number of nitro benzene ring substituents is 1. The normalized spacial score (nSPS) is 10.8. The van der Waals surface area contributed by atoms with E-state index in [-0.39, 0.29) is 5.69 Å². The number of fused-ring (bicyclic) bond motifs is 1. The topological polar surface area (TPSA) is 73.8 Å². The summed E-state index contributed by atoms with van der Waals surface area (Å²) in [6, 6.07) is 8.09. The van der Waals surface area contributed by atoms with Crippen LogP contribution in [0.4, 0.5) is 5.69 Å². The largest absolute Gasteiger partial charge is 0.271 e. The maximum atomic E-state index is 10.8. The molecule has 0 atom stereocenters. The van der Waals surface area contributed by atoms with Crippen LogP contribution in [-0.2, 0) is 6.54 Å². The van der Waals surface area contributed by atoms with E-state index in [9.17, 15) is 10.1 Å². The molecule has 2 heterocycles. The van der Waals surface area contributed by atoms with Crippen LogP contribution in [0, 0.1) is 10.1 Å². The van der Waals surface area contributed by atoms with Crippen molar-refractivity contribution in [1.29, 1.82) is 0 Å². The SMILES string of the molecule is O=[N+]([O-])c1ccc2cnn(Cc3cc(Cl)ccn3)c2c1. The summed E-state index contributed by atoms with van der Waals surface area (Å²) in [6.45, 7) is 0.408. The Hall–Kier alpha value is -2.47. The van der Waals surface area contributed by atoms with Gasteiger partial charge < -0.3 is 0 Å². The van der Waals surface area contributed by atoms with Crippen molar-refractivity contribution in [2.75, 3.05) is 0 Å². The number of non-ortho nitro benzene ring substituents is 1. The molecule has 0 amide bonds. The lowest BCUT2D eigenvalue weighted by molar-refractivity contribution is -0.384. The molecule has 20 heavy (non-hydrogen) atoms. The Labute approximate surface area is 118 Å². The van der Waals surface area contributed by atoms with Gasteiger partial charge in [0.05, 0.1) is 28.9 Å². The van der Waals surface area contributed by atoms with Crippen molar-refractivity contribution in [2.45, 2.75) is 6.54 Å². The van der Waals surface area contributed by atoms with Gasteiger partial charge in [-0.2, -0.15) is 5.10 Å². The Morgan fingerprint density at radius 2 is 2.15 bits per heavy atom. The monoisotopic (exact) mass is 288 g/mol. The van der Waals surface area contributed by atoms with Crippen LogP contribution >= 0.6 is 11.6 Å². The average molecular weight is 289 g/mol. The van der Waals surface area contributed by atoms with Crippen LogP contribution in [-0.4, -0.2) is 19.7 Å². The molecule has 7 heteroatoms. The molecule has 100 valence electrons. The van der Waals surface area contributed by atoms with Crippen molar-refractivity contribution in [3.05, 3.63) is 63.6 Å². The first-order chi connectivity index (χ1) is 9.63. The highest BCUT2D eigenvalue weighted by Crippen LogP contribution is 2.21. The van der Waals surface area contributed by atoms with E-state index >= 15 is 0 Å². The molecule has 0 saturated carbocycles. The summed E-state index contributed by atoms with van der Waals surface area (Å²) in [4.78, 5) is 14.6. The van der Waals surface area contributed by atoms with Crippen LogP contribution in [0.5, 0.6) is 0 Å². The van der Waals surface area contributed by atoms with Gasteiger partial charge in [-0.15, -0.1) is 0 Å². The van der Waals surface area contributed by atoms with Gasteiger partial charge in [0.25, 0.3) is 5.69 Å². The van der Waals surface area contributed by atoms with E-state index in [1.54, 1.807) is 35.3 Å². The summed E-state index contributed by atoms with van der Waals surface area (Å²) in [5.41, 5.74) is 1.48. The second-order valence-electron chi connectivity index (χ2n) is 4.27. The summed E-state index contributed by atoms with van der Waals surface area (Å²) in [7, 11) is 0. The Kier molecular flexibility index (Phi) is 3.08. The van der Waals surface area contributed by atoms with Crippen molar-refractivity contribution in [3.63, 3.8) is 0 Å². The van der Waals surface area contributed by atoms with Crippen molar-refractivity contribution in [2.24, 2.45) is 0 Å². The number of nitro groups is 1. The number of rotatable bonds is 3. The molecule has 3 rings (SSSR count). The molecular formula is C13H9ClN4O2. The Balaban J connectivity index is 2.03. The zero-order valence-corrected chi connectivity index (χ0v) is 11.0. The third kappa shape index (κ3) is 2.33. The lowest BCUT2D eigenvalue weighted by Crippen LogP contribution is -2.03. The summed E-state index contributed by atoms with van der Waals surface area (Å²) < 4.78 is 1.67. The second-order valence-corrected chi connectivity index (χ2v) is 4.70. The van der Waals surface area contributed by atoms with Crippen molar-refractivity contribution >= 4 is 28.2 Å². The molecule has 0 aliphatic carbocycles. The molecule has 0 saturated heterocycles. The van der Waals surface area contributed by atoms with Crippen LogP contribution in [0.1, 0.15) is 5.69 Å². The number of benzene rings is 1. The molecule has 6 nitrogen and oxygen atoms in total. The number of pyridine rings is 1. The fourth-order valence-corrected chi connectivity index (χ4v) is 2.17. The fraction of sp³-hybridized carbons (Fsp3) is 0.0769. The van der Waals surface area contributed by atoms with Crippen LogP contribution in [0.15, 0.2) is 42.7 Å². The Morgan fingerprint density at radius 3 is 2.90 bits per heavy atom. The zero-order valence-electron chi connectivity index (χ0n) is 10.2. The van der Waals surface area contributed by atoms with Crippen LogP contribution in [0.2, 0.25) is 5.02 Å². The van der Waals surface area contributed by atoms with Crippen LogP contribution < -0.4 is 0 Å². The third-order valence-electron chi connectivity index (χ3n) is 2.93. The molecule has 0 aliphatic heterocycles. The van der Waals surface area contributed by atoms with Gasteiger partial charge in [-0.1, -0.05) is 11.6 Å². The zero-order chi connectivity index (χ0) is 14.1. The summed E-state index contributed by atoms with van der Waals surface area (Å²) >= 11 is 5.91. The maximum absolute atomic E-state index is 10.8. The first kappa shape index (κ1) is 12.6. The van der Waals surface area contributed by atoms with Gasteiger partial charge in [-0.05, 0) is 18.2 Å². The van der Waals surface area contributed by atoms with E-state index < -0.39 is 4.92 Å². The number of nitrogens with zero attached hydrogens (tertiary/aromatic N) is 4. The molecule has 3 aromatic rings. The Morgan fingerprint density at radius 1 is 1.30 bits per heavy atom. The summed E-state index contributed by atoms with van der Waals surface area (Å²) in [5.74, 6) is 0. The standard InChI is InChI=1S/C13H9ClN4O2/c14-10-3-4-15-11(5-10)8-17-13-6-12(18(19)20)2-1-9(13)7-16-17/h1-7H,8H2. The van der Waals surface area contributed by atoms with Gasteiger partial charge in [-0.25, -0.2) is 0 Å². The number of hydrogen-bond donors (Lipinski definition) is 0. The van der Waals surface area contributed by atoms with Crippen molar-refractivity contribution < 1.29 is 4.92 Å². The average Bonchev–Trinajstić information content (AvgIpc) is 2.81. The van der Waals surface area contributed by atoms with Gasteiger partial charge in [0, 0.05) is 28.7 Å². The molecule has 0 aliphatic rings. The highest BCUT2D eigenvalue weighted by molar-refractivity contribution is 6.30. The fourth-order valence-electron chi connectivity index (χ4n) is 1.99. The van der Waals surface area contributed by atoms with E-state index in [1.807, 2.05) is 0 Å². The molecule has 0 unspecified atom stereocenters. The molecule has 0 spiro atoms. The first-order valence-electron chi connectivity index (χ1n) is 5.84. The minimum Gasteiger partial charge on any atom is -0.259 e. The summed E-state index contributed by atoms with van der Waals surface area (Å²) in [5, 5.41) is 16.5. The molecule has 0 N–H and O–H groups in total. The van der Waals surface area contributed by atoms with Crippen LogP contribution in [0.25, 0.3) is 10.9 Å². The van der Waals surface area contributed by atoms with E-state index in [0.717, 1.165) is 11.1 Å². The van der Waals surface area contributed by atoms with Crippen LogP contribution in [0.3, 0.4) is 0 Å². The van der Waals surface area contributed by atoms with Crippen molar-refractivity contribution in [1.82, 2.24) is 14.8 Å². The predicted octanol–water partition coefficient (Wildman–Crippen LogP) is 3.04. The number of halogens is 1. The lowest BCUT2D eigenvalue weighted by Gasteiger charge is -2.03. The van der Waals surface area contributed by atoms with Gasteiger partial charge in [0.1, 0.15) is 0 Å². The summed E-state index contributed by atoms with van der Waals surface area (Å²) in [6.07, 6.45) is 3.29. The maximum Gasteiger partial charge on any atom is 0.271 e. The molecule has 1 aromatic carbocycles. The van der Waals surface area contributed by atoms with E-state index in [0.29, 0.717) is 17.1 Å². The third-order valence-corrected chi connectivity index (χ3v) is 3.16. The predicted molar refractivity (Wildman–Crippen MR) is 74.7 cm³/mol. The van der Waals surface area contributed by atoms with Gasteiger partial charge in [0.15, 0.2) is 0 Å². The molecule has 0 fully saturated rings. The lowest BCUT2D eigenvalue weighted by atomic mass is 10.2. The highest BCUT2D eigenvalue weighted by atomic mass is 35.5. The molecular weight excluding hydrogens is 280 g/mol.